The summed E-state index contributed by atoms with van der Waals surface area (Å²) in [5, 5.41) is 8.61. The molecule has 1 atom stereocenters. The minimum Gasteiger partial charge on any atom is -0.463 e. The van der Waals surface area contributed by atoms with Crippen LogP contribution in [-0.4, -0.2) is 33.1 Å². The molecule has 0 saturated carbocycles. The molecule has 8 heteroatoms. The van der Waals surface area contributed by atoms with Gasteiger partial charge >= 0.3 is 5.97 Å². The first-order chi connectivity index (χ1) is 13.0. The predicted molar refractivity (Wildman–Crippen MR) is 111 cm³/mol. The molecule has 0 radical (unpaired) electrons. The summed E-state index contributed by atoms with van der Waals surface area (Å²) in [5.74, 6) is 1.28. The Balaban J connectivity index is 2.03. The number of hydrogen-bond donors (Lipinski definition) is 1. The lowest BCUT2D eigenvalue weighted by Gasteiger charge is -2.28. The van der Waals surface area contributed by atoms with Crippen LogP contribution in [0.3, 0.4) is 0 Å². The van der Waals surface area contributed by atoms with E-state index in [1.807, 2.05) is 38.1 Å². The van der Waals surface area contributed by atoms with Crippen molar-refractivity contribution < 1.29 is 9.53 Å². The summed E-state index contributed by atoms with van der Waals surface area (Å²) in [6.45, 7) is 6.17. The first kappa shape index (κ1) is 19.9. The van der Waals surface area contributed by atoms with Gasteiger partial charge in [0.2, 0.25) is 11.1 Å². The van der Waals surface area contributed by atoms with Gasteiger partial charge in [-0.3, -0.25) is 0 Å². The molecule has 2 aromatic rings. The molecule has 1 N–H and O–H groups in total. The topological polar surface area (TPSA) is 69.0 Å². The fourth-order valence-electron chi connectivity index (χ4n) is 2.93. The summed E-state index contributed by atoms with van der Waals surface area (Å²) >= 11 is 5.10. The van der Waals surface area contributed by atoms with E-state index in [0.29, 0.717) is 23.3 Å². The third kappa shape index (κ3) is 4.38. The van der Waals surface area contributed by atoms with E-state index < -0.39 is 0 Å². The molecule has 0 aliphatic carbocycles. The van der Waals surface area contributed by atoms with Crippen molar-refractivity contribution in [1.82, 2.24) is 14.8 Å². The number of anilines is 1. The molecule has 27 heavy (non-hydrogen) atoms. The van der Waals surface area contributed by atoms with Crippen molar-refractivity contribution in [3.63, 3.8) is 0 Å². The maximum absolute atomic E-state index is 12.7. The second-order valence-electron chi connectivity index (χ2n) is 6.20. The Hall–Kier alpha value is -1.80. The number of halogens is 1. The van der Waals surface area contributed by atoms with Gasteiger partial charge in [-0.15, -0.1) is 5.10 Å². The highest BCUT2D eigenvalue weighted by molar-refractivity contribution is 9.10. The molecule has 2 heterocycles. The predicted octanol–water partition coefficient (Wildman–Crippen LogP) is 4.78. The molecule has 3 rings (SSSR count). The molecule has 0 amide bonds. The summed E-state index contributed by atoms with van der Waals surface area (Å²) in [6, 6.07) is 7.52. The Bertz CT molecular complexity index is 848. The first-order valence-corrected chi connectivity index (χ1v) is 10.8. The van der Waals surface area contributed by atoms with Gasteiger partial charge in [0.25, 0.3) is 0 Å². The van der Waals surface area contributed by atoms with Gasteiger partial charge in [-0.05, 0) is 38.0 Å². The van der Waals surface area contributed by atoms with Crippen LogP contribution in [0, 0.1) is 0 Å². The average molecular weight is 451 g/mol. The molecule has 0 fully saturated rings. The number of esters is 1. The van der Waals surface area contributed by atoms with E-state index >= 15 is 0 Å². The number of carbonyl (C=O) groups is 1. The van der Waals surface area contributed by atoms with Crippen molar-refractivity contribution in [2.45, 2.75) is 44.8 Å². The first-order valence-electron chi connectivity index (χ1n) is 9.04. The maximum atomic E-state index is 12.7. The maximum Gasteiger partial charge on any atom is 0.338 e. The van der Waals surface area contributed by atoms with Crippen molar-refractivity contribution in [3.8, 4) is 0 Å². The van der Waals surface area contributed by atoms with Crippen molar-refractivity contribution in [1.29, 1.82) is 0 Å². The summed E-state index contributed by atoms with van der Waals surface area (Å²) in [5.41, 5.74) is 2.26. The molecular formula is C19H23BrN4O2S. The Kier molecular flexibility index (Phi) is 6.59. The molecule has 1 aliphatic heterocycles. The van der Waals surface area contributed by atoms with Crippen LogP contribution in [0.25, 0.3) is 0 Å². The van der Waals surface area contributed by atoms with Gasteiger partial charge in [0.1, 0.15) is 6.04 Å². The zero-order chi connectivity index (χ0) is 19.4. The van der Waals surface area contributed by atoms with Crippen LogP contribution in [0.15, 0.2) is 45.2 Å². The Morgan fingerprint density at radius 1 is 1.33 bits per heavy atom. The molecule has 1 unspecified atom stereocenters. The third-order valence-electron chi connectivity index (χ3n) is 4.24. The quantitative estimate of drug-likeness (QED) is 0.371. The van der Waals surface area contributed by atoms with Gasteiger partial charge in [0.15, 0.2) is 0 Å². The van der Waals surface area contributed by atoms with E-state index in [1.165, 1.54) is 0 Å². The van der Waals surface area contributed by atoms with Gasteiger partial charge in [-0.25, -0.2) is 9.48 Å². The van der Waals surface area contributed by atoms with Crippen molar-refractivity contribution in [2.75, 3.05) is 17.7 Å². The molecule has 1 aromatic carbocycles. The zero-order valence-corrected chi connectivity index (χ0v) is 18.1. The lowest BCUT2D eigenvalue weighted by Crippen LogP contribution is -2.29. The highest BCUT2D eigenvalue weighted by Gasteiger charge is 2.35. The van der Waals surface area contributed by atoms with Gasteiger partial charge in [0.05, 0.1) is 12.2 Å². The lowest BCUT2D eigenvalue weighted by atomic mass is 9.96. The van der Waals surface area contributed by atoms with E-state index in [1.54, 1.807) is 16.4 Å². The number of aromatic nitrogens is 3. The second kappa shape index (κ2) is 8.93. The minimum atomic E-state index is -0.374. The van der Waals surface area contributed by atoms with Crippen molar-refractivity contribution in [3.05, 3.63) is 45.6 Å². The Labute approximate surface area is 171 Å². The van der Waals surface area contributed by atoms with Crippen LogP contribution in [0.4, 0.5) is 5.95 Å². The number of thioether (sulfide) groups is 1. The Morgan fingerprint density at radius 3 is 2.74 bits per heavy atom. The SMILES string of the molecule is CCCCSc1nc2n(n1)C(c1ccc(Br)cc1)C(C(=O)OCC)=C(C)N2. The fourth-order valence-corrected chi connectivity index (χ4v) is 4.10. The van der Waals surface area contributed by atoms with Gasteiger partial charge in [-0.2, -0.15) is 4.98 Å². The highest BCUT2D eigenvalue weighted by Crippen LogP contribution is 2.37. The molecule has 1 aliphatic rings. The molecule has 1 aromatic heterocycles. The van der Waals surface area contributed by atoms with E-state index in [4.69, 9.17) is 4.74 Å². The largest absolute Gasteiger partial charge is 0.463 e. The molecule has 0 bridgehead atoms. The van der Waals surface area contributed by atoms with Gasteiger partial charge in [0, 0.05) is 15.9 Å². The van der Waals surface area contributed by atoms with Crippen LogP contribution in [-0.2, 0) is 9.53 Å². The van der Waals surface area contributed by atoms with Crippen LogP contribution in [0.5, 0.6) is 0 Å². The van der Waals surface area contributed by atoms with E-state index in [9.17, 15) is 4.79 Å². The monoisotopic (exact) mass is 450 g/mol. The molecular weight excluding hydrogens is 428 g/mol. The van der Waals surface area contributed by atoms with E-state index in [0.717, 1.165) is 34.3 Å². The van der Waals surface area contributed by atoms with Crippen LogP contribution < -0.4 is 5.32 Å². The van der Waals surface area contributed by atoms with Crippen molar-refractivity contribution >= 4 is 39.6 Å². The number of allylic oxidation sites excluding steroid dienone is 1. The number of hydrogen-bond acceptors (Lipinski definition) is 6. The minimum absolute atomic E-state index is 0.324. The molecule has 144 valence electrons. The van der Waals surface area contributed by atoms with Crippen LogP contribution in [0.2, 0.25) is 0 Å². The standard InChI is InChI=1S/C19H23BrN4O2S/c1-4-6-11-27-19-22-18-21-12(3)15(17(25)26-5-2)16(24(18)23-19)13-7-9-14(20)10-8-13/h7-10,16H,4-6,11H2,1-3H3,(H,21,22,23). The number of unbranched alkanes of at least 4 members (excludes halogenated alkanes) is 1. The van der Waals surface area contributed by atoms with Gasteiger partial charge in [-0.1, -0.05) is 53.2 Å². The lowest BCUT2D eigenvalue weighted by molar-refractivity contribution is -0.139. The summed E-state index contributed by atoms with van der Waals surface area (Å²) in [6.07, 6.45) is 2.25. The average Bonchev–Trinajstić information content (AvgIpc) is 3.04. The number of ether oxygens (including phenoxy) is 1. The van der Waals surface area contributed by atoms with E-state index in [2.05, 4.69) is 38.3 Å². The number of benzene rings is 1. The number of nitrogens with one attached hydrogen (secondary N) is 1. The third-order valence-corrected chi connectivity index (χ3v) is 5.70. The molecule has 6 nitrogen and oxygen atoms in total. The normalized spacial score (nSPS) is 16.1. The van der Waals surface area contributed by atoms with Crippen LogP contribution in [0.1, 0.15) is 45.2 Å². The summed E-state index contributed by atoms with van der Waals surface area (Å²) in [4.78, 5) is 17.3. The number of carbonyl (C=O) groups excluding carboxylic acids is 1. The number of nitrogens with zero attached hydrogens (tertiary/aromatic N) is 3. The summed E-state index contributed by atoms with van der Waals surface area (Å²) < 4.78 is 8.08. The molecule has 0 saturated heterocycles. The van der Waals surface area contributed by atoms with E-state index in [-0.39, 0.29) is 12.0 Å². The van der Waals surface area contributed by atoms with Crippen LogP contribution >= 0.6 is 27.7 Å². The second-order valence-corrected chi connectivity index (χ2v) is 8.18. The molecule has 0 spiro atoms. The highest BCUT2D eigenvalue weighted by atomic mass is 79.9. The fraction of sp³-hybridized carbons (Fsp3) is 0.421. The smallest absolute Gasteiger partial charge is 0.338 e. The Morgan fingerprint density at radius 2 is 2.07 bits per heavy atom. The summed E-state index contributed by atoms with van der Waals surface area (Å²) in [7, 11) is 0. The number of fused-ring (bicyclic) bond motifs is 1. The van der Waals surface area contributed by atoms with Crippen molar-refractivity contribution in [2.24, 2.45) is 0 Å². The zero-order valence-electron chi connectivity index (χ0n) is 15.7. The number of rotatable bonds is 7. The van der Waals surface area contributed by atoms with Gasteiger partial charge < -0.3 is 10.1 Å².